The molecular weight excluding hydrogens is 346 g/mol. The van der Waals surface area contributed by atoms with Crippen LogP contribution >= 0.6 is 0 Å². The number of ether oxygens (including phenoxy) is 3. The molecule has 0 radical (unpaired) electrons. The van der Waals surface area contributed by atoms with E-state index in [0.29, 0.717) is 24.7 Å². The molecule has 0 fully saturated rings. The van der Waals surface area contributed by atoms with Gasteiger partial charge in [0.15, 0.2) is 6.61 Å². The molecule has 0 aromatic heterocycles. The molecule has 0 aliphatic rings. The number of esters is 1. The Bertz CT molecular complexity index is 783. The van der Waals surface area contributed by atoms with E-state index in [-0.39, 0.29) is 6.61 Å². The highest BCUT2D eigenvalue weighted by Gasteiger charge is 2.06. The van der Waals surface area contributed by atoms with Crippen molar-refractivity contribution in [3.63, 3.8) is 0 Å². The first-order valence-electron chi connectivity index (χ1n) is 8.71. The molecule has 0 saturated carbocycles. The van der Waals surface area contributed by atoms with Crippen molar-refractivity contribution in [1.29, 1.82) is 0 Å². The number of carbonyl (C=O) groups is 2. The standard InChI is InChI=1S/C21H23NO5/c1-3-25-18-12-10-17(11-13-18)22-20(23)15-27-21(24)14-9-16-7-5-6-8-19(16)26-4-2/h5-14H,3-4,15H2,1-2H3,(H,22,23)/b14-9+. The van der Waals surface area contributed by atoms with Crippen LogP contribution in [0.2, 0.25) is 0 Å². The van der Waals surface area contributed by atoms with Gasteiger partial charge in [-0.2, -0.15) is 0 Å². The summed E-state index contributed by atoms with van der Waals surface area (Å²) in [5.41, 5.74) is 1.36. The van der Waals surface area contributed by atoms with Gasteiger partial charge in [-0.1, -0.05) is 18.2 Å². The maximum absolute atomic E-state index is 11.9. The zero-order chi connectivity index (χ0) is 19.5. The zero-order valence-corrected chi connectivity index (χ0v) is 15.4. The average Bonchev–Trinajstić information content (AvgIpc) is 2.68. The Morgan fingerprint density at radius 1 is 0.963 bits per heavy atom. The average molecular weight is 369 g/mol. The third kappa shape index (κ3) is 6.86. The topological polar surface area (TPSA) is 73.9 Å². The van der Waals surface area contributed by atoms with Crippen LogP contribution in [0.4, 0.5) is 5.69 Å². The normalized spacial score (nSPS) is 10.4. The summed E-state index contributed by atoms with van der Waals surface area (Å²) in [7, 11) is 0. The van der Waals surface area contributed by atoms with E-state index < -0.39 is 11.9 Å². The van der Waals surface area contributed by atoms with E-state index in [9.17, 15) is 9.59 Å². The number of carbonyl (C=O) groups excluding carboxylic acids is 2. The third-order valence-corrected chi connectivity index (χ3v) is 3.41. The molecule has 0 bridgehead atoms. The molecule has 2 aromatic rings. The van der Waals surface area contributed by atoms with Crippen LogP contribution in [0.25, 0.3) is 6.08 Å². The van der Waals surface area contributed by atoms with Crippen LogP contribution in [0.15, 0.2) is 54.6 Å². The van der Waals surface area contributed by atoms with Crippen LogP contribution in [0.3, 0.4) is 0 Å². The summed E-state index contributed by atoms with van der Waals surface area (Å²) < 4.78 is 15.8. The van der Waals surface area contributed by atoms with E-state index in [0.717, 1.165) is 11.3 Å². The lowest BCUT2D eigenvalue weighted by Crippen LogP contribution is -2.20. The van der Waals surface area contributed by atoms with Gasteiger partial charge in [0.1, 0.15) is 11.5 Å². The van der Waals surface area contributed by atoms with E-state index in [1.807, 2.05) is 38.1 Å². The number of amides is 1. The Balaban J connectivity index is 1.81. The molecule has 0 aliphatic heterocycles. The maximum atomic E-state index is 11.9. The molecule has 2 rings (SSSR count). The van der Waals surface area contributed by atoms with Crippen molar-refractivity contribution in [2.75, 3.05) is 25.1 Å². The fraction of sp³-hybridized carbons (Fsp3) is 0.238. The molecule has 0 unspecified atom stereocenters. The monoisotopic (exact) mass is 369 g/mol. The summed E-state index contributed by atoms with van der Waals surface area (Å²) in [6, 6.07) is 14.3. The highest BCUT2D eigenvalue weighted by Crippen LogP contribution is 2.19. The number of anilines is 1. The van der Waals surface area contributed by atoms with E-state index in [4.69, 9.17) is 14.2 Å². The molecule has 27 heavy (non-hydrogen) atoms. The fourth-order valence-corrected chi connectivity index (χ4v) is 2.25. The lowest BCUT2D eigenvalue weighted by molar-refractivity contribution is -0.142. The van der Waals surface area contributed by atoms with Crippen LogP contribution in [-0.2, 0) is 14.3 Å². The minimum Gasteiger partial charge on any atom is -0.494 e. The molecule has 142 valence electrons. The molecule has 1 amide bonds. The van der Waals surface area contributed by atoms with Crippen LogP contribution < -0.4 is 14.8 Å². The van der Waals surface area contributed by atoms with E-state index in [1.54, 1.807) is 30.3 Å². The summed E-state index contributed by atoms with van der Waals surface area (Å²) in [4.78, 5) is 23.7. The van der Waals surface area contributed by atoms with E-state index in [2.05, 4.69) is 5.32 Å². The van der Waals surface area contributed by atoms with Crippen LogP contribution in [0.1, 0.15) is 19.4 Å². The summed E-state index contributed by atoms with van der Waals surface area (Å²) >= 11 is 0. The maximum Gasteiger partial charge on any atom is 0.331 e. The number of rotatable bonds is 9. The number of hydrogen-bond acceptors (Lipinski definition) is 5. The minimum atomic E-state index is -0.608. The first-order valence-corrected chi connectivity index (χ1v) is 8.71. The van der Waals surface area contributed by atoms with Gasteiger partial charge in [0.25, 0.3) is 5.91 Å². The molecule has 0 heterocycles. The quantitative estimate of drug-likeness (QED) is 0.539. The van der Waals surface area contributed by atoms with Crippen LogP contribution in [0, 0.1) is 0 Å². The van der Waals surface area contributed by atoms with E-state index >= 15 is 0 Å². The molecule has 1 N–H and O–H groups in total. The lowest BCUT2D eigenvalue weighted by atomic mass is 10.2. The summed E-state index contributed by atoms with van der Waals surface area (Å²) in [6.07, 6.45) is 2.86. The Morgan fingerprint density at radius 2 is 1.67 bits per heavy atom. The first-order chi connectivity index (χ1) is 13.1. The Labute approximate surface area is 158 Å². The molecule has 6 heteroatoms. The highest BCUT2D eigenvalue weighted by molar-refractivity contribution is 5.94. The van der Waals surface area contributed by atoms with Gasteiger partial charge in [0.2, 0.25) is 0 Å². The van der Waals surface area contributed by atoms with Gasteiger partial charge in [-0.15, -0.1) is 0 Å². The minimum absolute atomic E-state index is 0.372. The van der Waals surface area contributed by atoms with Crippen LogP contribution in [-0.4, -0.2) is 31.7 Å². The second kappa shape index (κ2) is 10.7. The van der Waals surface area contributed by atoms with Gasteiger partial charge in [0, 0.05) is 17.3 Å². The third-order valence-electron chi connectivity index (χ3n) is 3.41. The van der Waals surface area contributed by atoms with Crippen molar-refractivity contribution in [2.24, 2.45) is 0 Å². The Hall–Kier alpha value is -3.28. The van der Waals surface area contributed by atoms with Crippen molar-refractivity contribution in [2.45, 2.75) is 13.8 Å². The van der Waals surface area contributed by atoms with Gasteiger partial charge in [-0.3, -0.25) is 4.79 Å². The molecule has 0 aliphatic carbocycles. The number of benzene rings is 2. The Morgan fingerprint density at radius 3 is 2.37 bits per heavy atom. The van der Waals surface area contributed by atoms with Crippen molar-refractivity contribution in [1.82, 2.24) is 0 Å². The number of hydrogen-bond donors (Lipinski definition) is 1. The van der Waals surface area contributed by atoms with Gasteiger partial charge < -0.3 is 19.5 Å². The fourth-order valence-electron chi connectivity index (χ4n) is 2.25. The highest BCUT2D eigenvalue weighted by atomic mass is 16.5. The van der Waals surface area contributed by atoms with E-state index in [1.165, 1.54) is 6.08 Å². The largest absolute Gasteiger partial charge is 0.494 e. The number of para-hydroxylation sites is 1. The summed E-state index contributed by atoms with van der Waals surface area (Å²) in [5.74, 6) is 0.371. The molecule has 0 spiro atoms. The molecule has 0 atom stereocenters. The molecule has 2 aromatic carbocycles. The van der Waals surface area contributed by atoms with Crippen LogP contribution in [0.5, 0.6) is 11.5 Å². The van der Waals surface area contributed by atoms with Crippen molar-refractivity contribution in [3.8, 4) is 11.5 Å². The van der Waals surface area contributed by atoms with Gasteiger partial charge in [-0.05, 0) is 50.3 Å². The van der Waals surface area contributed by atoms with Crippen molar-refractivity contribution >= 4 is 23.6 Å². The van der Waals surface area contributed by atoms with Gasteiger partial charge >= 0.3 is 5.97 Å². The predicted octanol–water partition coefficient (Wildman–Crippen LogP) is 3.68. The summed E-state index contributed by atoms with van der Waals surface area (Å²) in [5, 5.41) is 2.65. The first kappa shape index (κ1) is 20.0. The zero-order valence-electron chi connectivity index (χ0n) is 15.4. The second-order valence-corrected chi connectivity index (χ2v) is 5.42. The predicted molar refractivity (Wildman–Crippen MR) is 104 cm³/mol. The smallest absolute Gasteiger partial charge is 0.331 e. The van der Waals surface area contributed by atoms with Gasteiger partial charge in [0.05, 0.1) is 13.2 Å². The number of nitrogens with one attached hydrogen (secondary N) is 1. The second-order valence-electron chi connectivity index (χ2n) is 5.42. The lowest BCUT2D eigenvalue weighted by Gasteiger charge is -2.07. The Kier molecular flexibility index (Phi) is 7.91. The molecule has 6 nitrogen and oxygen atoms in total. The molecule has 0 saturated heterocycles. The van der Waals surface area contributed by atoms with Gasteiger partial charge in [-0.25, -0.2) is 4.79 Å². The van der Waals surface area contributed by atoms with Crippen molar-refractivity contribution < 1.29 is 23.8 Å². The SMILES string of the molecule is CCOc1ccc(NC(=O)COC(=O)/C=C/c2ccccc2OCC)cc1. The summed E-state index contributed by atoms with van der Waals surface area (Å²) in [6.45, 7) is 4.51. The van der Waals surface area contributed by atoms with Crippen molar-refractivity contribution in [3.05, 3.63) is 60.2 Å². The molecular formula is C21H23NO5.